The van der Waals surface area contributed by atoms with Crippen LogP contribution in [0.4, 0.5) is 13.2 Å². The lowest BCUT2D eigenvalue weighted by Crippen LogP contribution is -2.23. The molecule has 2 atom stereocenters. The molecule has 0 spiro atoms. The van der Waals surface area contributed by atoms with Crippen LogP contribution in [0.5, 0.6) is 11.5 Å². The number of benzene rings is 2. The van der Waals surface area contributed by atoms with Crippen molar-refractivity contribution in [3.63, 3.8) is 0 Å². The van der Waals surface area contributed by atoms with Gasteiger partial charge in [0.25, 0.3) is 0 Å². The second-order valence-electron chi connectivity index (χ2n) is 6.98. The molecule has 2 N–H and O–H groups in total. The number of rotatable bonds is 9. The molecule has 0 amide bonds. The van der Waals surface area contributed by atoms with Crippen molar-refractivity contribution < 1.29 is 44.8 Å². The molecule has 0 bridgehead atoms. The summed E-state index contributed by atoms with van der Waals surface area (Å²) in [5, 5.41) is 4.35. The summed E-state index contributed by atoms with van der Waals surface area (Å²) < 4.78 is 74.5. The molecule has 2 unspecified atom stereocenters. The predicted molar refractivity (Wildman–Crippen MR) is 112 cm³/mol. The van der Waals surface area contributed by atoms with Crippen LogP contribution in [0.3, 0.4) is 0 Å². The molecular formula is C20H18F3NO7S2. The smallest absolute Gasteiger partial charge is 0.490 e. The number of hydrogen-bond donors (Lipinski definition) is 1. The molecule has 3 rings (SSSR count). The van der Waals surface area contributed by atoms with Crippen LogP contribution in [-0.4, -0.2) is 37.5 Å². The number of hydrogen-bond acceptors (Lipinski definition) is 8. The van der Waals surface area contributed by atoms with Crippen LogP contribution in [-0.2, 0) is 30.5 Å². The quantitative estimate of drug-likeness (QED) is 0.516. The Bertz CT molecular complexity index is 1120. The minimum Gasteiger partial charge on any atom is -0.490 e. The van der Waals surface area contributed by atoms with Gasteiger partial charge in [-0.2, -0.15) is 8.42 Å². The third-order valence-corrected chi connectivity index (χ3v) is 6.03. The summed E-state index contributed by atoms with van der Waals surface area (Å²) in [6, 6.07) is 11.1. The summed E-state index contributed by atoms with van der Waals surface area (Å²) in [5.74, 6) is -0.374. The van der Waals surface area contributed by atoms with Crippen LogP contribution in [0.2, 0.25) is 0 Å². The lowest BCUT2D eigenvalue weighted by Gasteiger charge is -2.18. The van der Waals surface area contributed by atoms with Crippen LogP contribution in [0.25, 0.3) is 0 Å². The molecule has 0 aliphatic carbocycles. The normalized spacial score (nSPS) is 17.8. The molecule has 13 heteroatoms. The summed E-state index contributed by atoms with van der Waals surface area (Å²) in [4.78, 5) is 23.1. The van der Waals surface area contributed by atoms with Crippen molar-refractivity contribution in [1.82, 2.24) is 0 Å². The zero-order valence-electron chi connectivity index (χ0n) is 16.8. The average Bonchev–Trinajstić information content (AvgIpc) is 3.01. The van der Waals surface area contributed by atoms with E-state index in [1.165, 1.54) is 12.1 Å². The number of carbonyl (C=O) groups is 2. The van der Waals surface area contributed by atoms with Crippen molar-refractivity contribution in [3.8, 4) is 11.5 Å². The summed E-state index contributed by atoms with van der Waals surface area (Å²) >= 11 is 1.01. The van der Waals surface area contributed by atoms with Gasteiger partial charge in [0, 0.05) is 0 Å². The maximum absolute atomic E-state index is 12.5. The fourth-order valence-corrected chi connectivity index (χ4v) is 4.56. The van der Waals surface area contributed by atoms with Gasteiger partial charge in [-0.05, 0) is 41.8 Å². The maximum Gasteiger partial charge on any atom is 0.573 e. The van der Waals surface area contributed by atoms with Gasteiger partial charge in [0.1, 0.15) is 24.2 Å². The number of thioether (sulfide) groups is 1. The molecule has 1 heterocycles. The Morgan fingerprint density at radius 2 is 1.79 bits per heavy atom. The molecule has 2 aromatic carbocycles. The highest BCUT2D eigenvalue weighted by molar-refractivity contribution is 8.15. The molecule has 33 heavy (non-hydrogen) atoms. The zero-order chi connectivity index (χ0) is 24.2. The lowest BCUT2D eigenvalue weighted by atomic mass is 10.1. The second kappa shape index (κ2) is 10.1. The van der Waals surface area contributed by atoms with Gasteiger partial charge >= 0.3 is 16.7 Å². The second-order valence-corrected chi connectivity index (χ2v) is 9.42. The van der Waals surface area contributed by atoms with Gasteiger partial charge in [-0.15, -0.1) is 13.2 Å². The number of nitrogens with two attached hydrogens (primary N) is 1. The van der Waals surface area contributed by atoms with E-state index >= 15 is 0 Å². The summed E-state index contributed by atoms with van der Waals surface area (Å²) in [5.41, 5.74) is 0.820. The first-order chi connectivity index (χ1) is 15.4. The van der Waals surface area contributed by atoms with Crippen molar-refractivity contribution >= 4 is 33.0 Å². The minimum absolute atomic E-state index is 0.0313. The molecule has 1 saturated heterocycles. The number of ether oxygens (including phenoxy) is 2. The Morgan fingerprint density at radius 1 is 1.09 bits per heavy atom. The van der Waals surface area contributed by atoms with Crippen molar-refractivity contribution in [2.75, 3.05) is 6.61 Å². The Kier molecular flexibility index (Phi) is 7.67. The number of carbonyl (C=O) groups excluding carboxylic acids is 2. The first-order valence-corrected chi connectivity index (χ1v) is 11.7. The van der Waals surface area contributed by atoms with E-state index in [-0.39, 0.29) is 22.9 Å². The third kappa shape index (κ3) is 8.03. The standard InChI is InChI=1S/C20H18F3NO7S2/c21-20(22,23)30-15-3-1-2-13(9-15)17(31-33(24,27)28)11-29-14-6-4-12(5-7-14)8-18-16(25)10-19(26)32-18/h1-7,9,17-18H,8,10-11H2,(H2,24,27,28). The number of Topliss-reactive ketones (excluding diaryl/α,β-unsaturated/α-hetero) is 1. The molecular weight excluding hydrogens is 487 g/mol. The van der Waals surface area contributed by atoms with E-state index in [9.17, 15) is 31.2 Å². The number of halogens is 3. The van der Waals surface area contributed by atoms with Crippen LogP contribution < -0.4 is 14.6 Å². The van der Waals surface area contributed by atoms with E-state index in [0.29, 0.717) is 12.2 Å². The monoisotopic (exact) mass is 505 g/mol. The maximum atomic E-state index is 12.5. The molecule has 1 aliphatic heterocycles. The van der Waals surface area contributed by atoms with Crippen LogP contribution >= 0.6 is 11.8 Å². The first kappa shape index (κ1) is 25.0. The molecule has 178 valence electrons. The number of alkyl halides is 3. The van der Waals surface area contributed by atoms with Crippen LogP contribution in [0.1, 0.15) is 23.7 Å². The topological polar surface area (TPSA) is 122 Å². The molecule has 0 aromatic heterocycles. The highest BCUT2D eigenvalue weighted by Crippen LogP contribution is 2.30. The van der Waals surface area contributed by atoms with E-state index in [1.54, 1.807) is 24.3 Å². The van der Waals surface area contributed by atoms with Crippen LogP contribution in [0, 0.1) is 0 Å². The Labute approximate surface area is 191 Å². The van der Waals surface area contributed by atoms with Gasteiger partial charge in [0.15, 0.2) is 10.9 Å². The lowest BCUT2D eigenvalue weighted by molar-refractivity contribution is -0.274. The van der Waals surface area contributed by atoms with Gasteiger partial charge in [0.2, 0.25) is 0 Å². The molecule has 8 nitrogen and oxygen atoms in total. The molecule has 0 radical (unpaired) electrons. The van der Waals surface area contributed by atoms with Gasteiger partial charge in [-0.1, -0.05) is 36.0 Å². The third-order valence-electron chi connectivity index (χ3n) is 4.41. The summed E-state index contributed by atoms with van der Waals surface area (Å²) in [6.45, 7) is -0.392. The van der Waals surface area contributed by atoms with E-state index in [1.807, 2.05) is 0 Å². The minimum atomic E-state index is -4.93. The van der Waals surface area contributed by atoms with Gasteiger partial charge < -0.3 is 9.47 Å². The Balaban J connectivity index is 1.68. The van der Waals surface area contributed by atoms with Gasteiger partial charge in [-0.25, -0.2) is 9.32 Å². The Morgan fingerprint density at radius 3 is 2.36 bits per heavy atom. The van der Waals surface area contributed by atoms with E-state index < -0.39 is 40.4 Å². The van der Waals surface area contributed by atoms with Crippen molar-refractivity contribution in [1.29, 1.82) is 0 Å². The van der Waals surface area contributed by atoms with Gasteiger partial charge in [-0.3, -0.25) is 9.59 Å². The van der Waals surface area contributed by atoms with Crippen molar-refractivity contribution in [2.45, 2.75) is 30.6 Å². The van der Waals surface area contributed by atoms with E-state index in [0.717, 1.165) is 29.5 Å². The fraction of sp³-hybridized carbons (Fsp3) is 0.300. The Hall–Kier alpha value is -2.61. The molecule has 0 saturated carbocycles. The summed E-state index contributed by atoms with van der Waals surface area (Å²) in [6.07, 6.45) is -5.98. The largest absolute Gasteiger partial charge is 0.573 e. The molecule has 1 fully saturated rings. The number of ketones is 1. The van der Waals surface area contributed by atoms with Crippen molar-refractivity contribution in [2.24, 2.45) is 5.14 Å². The highest BCUT2D eigenvalue weighted by Gasteiger charge is 2.32. The van der Waals surface area contributed by atoms with Gasteiger partial charge in [0.05, 0.1) is 11.7 Å². The zero-order valence-corrected chi connectivity index (χ0v) is 18.4. The average molecular weight is 505 g/mol. The first-order valence-electron chi connectivity index (χ1n) is 9.38. The van der Waals surface area contributed by atoms with Crippen LogP contribution in [0.15, 0.2) is 48.5 Å². The van der Waals surface area contributed by atoms with E-state index in [2.05, 4.69) is 4.74 Å². The van der Waals surface area contributed by atoms with Crippen molar-refractivity contribution in [3.05, 3.63) is 59.7 Å². The van der Waals surface area contributed by atoms with E-state index in [4.69, 9.17) is 14.1 Å². The molecule has 2 aromatic rings. The SMILES string of the molecule is NS(=O)(=O)OC(COc1ccc(CC2SC(=O)CC2=O)cc1)c1cccc(OC(F)(F)F)c1. The molecule has 1 aliphatic rings. The predicted octanol–water partition coefficient (Wildman–Crippen LogP) is 3.07. The highest BCUT2D eigenvalue weighted by atomic mass is 32.2. The fourth-order valence-electron chi connectivity index (χ4n) is 3.04. The summed E-state index contributed by atoms with van der Waals surface area (Å²) in [7, 11) is -4.46.